The van der Waals surface area contributed by atoms with Gasteiger partial charge in [0.05, 0.1) is 0 Å². The van der Waals surface area contributed by atoms with Crippen molar-refractivity contribution in [2.75, 3.05) is 11.9 Å². The van der Waals surface area contributed by atoms with Crippen molar-refractivity contribution in [3.63, 3.8) is 0 Å². The van der Waals surface area contributed by atoms with E-state index in [0.29, 0.717) is 5.92 Å². The van der Waals surface area contributed by atoms with Gasteiger partial charge in [-0.1, -0.05) is 36.4 Å². The van der Waals surface area contributed by atoms with E-state index in [4.69, 9.17) is 0 Å². The lowest BCUT2D eigenvalue weighted by Gasteiger charge is -2.31. The molecule has 2 N–H and O–H groups in total. The van der Waals surface area contributed by atoms with Crippen molar-refractivity contribution in [2.45, 2.75) is 32.2 Å². The van der Waals surface area contributed by atoms with E-state index in [-0.39, 0.29) is 11.9 Å². The maximum atomic E-state index is 11.1. The summed E-state index contributed by atoms with van der Waals surface area (Å²) in [4.78, 5) is 11.1. The maximum Gasteiger partial charge on any atom is 0.221 e. The van der Waals surface area contributed by atoms with Crippen LogP contribution in [-0.2, 0) is 11.2 Å². The zero-order chi connectivity index (χ0) is 15.5. The lowest BCUT2D eigenvalue weighted by Crippen LogP contribution is -2.30. The molecule has 2 aromatic carbocycles. The molecule has 3 heteroatoms. The van der Waals surface area contributed by atoms with Crippen molar-refractivity contribution in [1.29, 1.82) is 0 Å². The number of amides is 1. The third-order valence-electron chi connectivity index (χ3n) is 4.34. The molecule has 1 amide bonds. The van der Waals surface area contributed by atoms with Crippen molar-refractivity contribution in [2.24, 2.45) is 0 Å². The van der Waals surface area contributed by atoms with Crippen LogP contribution in [0.4, 0.5) is 5.69 Å². The molecule has 1 aliphatic rings. The van der Waals surface area contributed by atoms with Crippen molar-refractivity contribution in [3.8, 4) is 0 Å². The zero-order valence-corrected chi connectivity index (χ0v) is 13.1. The van der Waals surface area contributed by atoms with Crippen LogP contribution in [0, 0.1) is 0 Å². The summed E-state index contributed by atoms with van der Waals surface area (Å²) in [6, 6.07) is 17.0. The predicted molar refractivity (Wildman–Crippen MR) is 90.1 cm³/mol. The van der Waals surface area contributed by atoms with Gasteiger partial charge in [0.1, 0.15) is 0 Å². The molecule has 2 atom stereocenters. The molecule has 114 valence electrons. The van der Waals surface area contributed by atoms with Gasteiger partial charge < -0.3 is 10.6 Å². The molecule has 3 rings (SSSR count). The van der Waals surface area contributed by atoms with Crippen molar-refractivity contribution in [3.05, 3.63) is 65.2 Å². The van der Waals surface area contributed by atoms with Gasteiger partial charge in [0.2, 0.25) is 5.91 Å². The molecule has 22 heavy (non-hydrogen) atoms. The van der Waals surface area contributed by atoms with Crippen LogP contribution in [0.25, 0.3) is 0 Å². The number of nitrogens with one attached hydrogen (secondary N) is 2. The van der Waals surface area contributed by atoms with Gasteiger partial charge >= 0.3 is 0 Å². The third-order valence-corrected chi connectivity index (χ3v) is 4.34. The Morgan fingerprint density at radius 2 is 2.05 bits per heavy atom. The molecule has 0 heterocycles. The molecule has 0 fully saturated rings. The third kappa shape index (κ3) is 3.20. The van der Waals surface area contributed by atoms with Crippen LogP contribution in [-0.4, -0.2) is 12.5 Å². The number of hydrogen-bond donors (Lipinski definition) is 2. The summed E-state index contributed by atoms with van der Waals surface area (Å²) >= 11 is 0. The fourth-order valence-electron chi connectivity index (χ4n) is 3.07. The molecular formula is C19H22N2O. The van der Waals surface area contributed by atoms with Gasteiger partial charge in [-0.25, -0.2) is 0 Å². The van der Waals surface area contributed by atoms with E-state index >= 15 is 0 Å². The number of carbonyl (C=O) groups is 1. The van der Waals surface area contributed by atoms with Gasteiger partial charge in [-0.2, -0.15) is 0 Å². The molecule has 0 saturated carbocycles. The molecule has 0 bridgehead atoms. The highest BCUT2D eigenvalue weighted by Gasteiger charge is 2.25. The van der Waals surface area contributed by atoms with Crippen LogP contribution in [0.5, 0.6) is 0 Å². The Bertz CT molecular complexity index is 681. The highest BCUT2D eigenvalue weighted by molar-refractivity contribution is 5.88. The van der Waals surface area contributed by atoms with Gasteiger partial charge in [0, 0.05) is 31.1 Å². The molecule has 0 radical (unpaired) electrons. The molecule has 0 aliphatic heterocycles. The maximum absolute atomic E-state index is 11.1. The Labute approximate surface area is 131 Å². The SMILES string of the molecule is CC(=O)Nc1cccc(C(C)NCC2Cc3ccccc32)c1. The van der Waals surface area contributed by atoms with E-state index in [9.17, 15) is 4.79 Å². The number of benzene rings is 2. The first-order valence-corrected chi connectivity index (χ1v) is 7.82. The molecule has 0 saturated heterocycles. The van der Waals surface area contributed by atoms with Gasteiger partial charge in [-0.05, 0) is 42.2 Å². The summed E-state index contributed by atoms with van der Waals surface area (Å²) in [5.41, 5.74) is 5.01. The summed E-state index contributed by atoms with van der Waals surface area (Å²) < 4.78 is 0. The monoisotopic (exact) mass is 294 g/mol. The van der Waals surface area contributed by atoms with E-state index in [0.717, 1.165) is 12.2 Å². The molecule has 3 nitrogen and oxygen atoms in total. The summed E-state index contributed by atoms with van der Waals surface area (Å²) in [5.74, 6) is 0.584. The second-order valence-electron chi connectivity index (χ2n) is 6.04. The van der Waals surface area contributed by atoms with Gasteiger partial charge in [-0.3, -0.25) is 4.79 Å². The Morgan fingerprint density at radius 3 is 2.82 bits per heavy atom. The molecular weight excluding hydrogens is 272 g/mol. The Hall–Kier alpha value is -2.13. The first kappa shape index (κ1) is 14.8. The summed E-state index contributed by atoms with van der Waals surface area (Å²) in [6.45, 7) is 4.68. The van der Waals surface area contributed by atoms with Crippen LogP contribution in [0.3, 0.4) is 0 Å². The average molecular weight is 294 g/mol. The number of anilines is 1. The Balaban J connectivity index is 1.59. The smallest absolute Gasteiger partial charge is 0.221 e. The van der Waals surface area contributed by atoms with Gasteiger partial charge in [0.15, 0.2) is 0 Å². The minimum absolute atomic E-state index is 0.0381. The van der Waals surface area contributed by atoms with E-state index in [1.807, 2.05) is 18.2 Å². The average Bonchev–Trinajstić information content (AvgIpc) is 2.47. The number of hydrogen-bond acceptors (Lipinski definition) is 2. The van der Waals surface area contributed by atoms with Crippen molar-refractivity contribution >= 4 is 11.6 Å². The summed E-state index contributed by atoms with van der Waals surface area (Å²) in [6.07, 6.45) is 1.17. The molecule has 2 aromatic rings. The molecule has 2 unspecified atom stereocenters. The first-order chi connectivity index (χ1) is 10.6. The van der Waals surface area contributed by atoms with Crippen LogP contribution < -0.4 is 10.6 Å². The number of rotatable bonds is 5. The summed E-state index contributed by atoms with van der Waals surface area (Å²) in [7, 11) is 0. The van der Waals surface area contributed by atoms with Gasteiger partial charge in [0.25, 0.3) is 0 Å². The second kappa shape index (κ2) is 6.32. The van der Waals surface area contributed by atoms with Crippen LogP contribution in [0.2, 0.25) is 0 Å². The Morgan fingerprint density at radius 1 is 1.23 bits per heavy atom. The minimum atomic E-state index is -0.0381. The first-order valence-electron chi connectivity index (χ1n) is 7.82. The van der Waals surface area contributed by atoms with Crippen LogP contribution in [0.15, 0.2) is 48.5 Å². The quantitative estimate of drug-likeness (QED) is 0.884. The van der Waals surface area contributed by atoms with E-state index in [1.54, 1.807) is 0 Å². The fourth-order valence-corrected chi connectivity index (χ4v) is 3.07. The molecule has 0 spiro atoms. The van der Waals surface area contributed by atoms with Crippen LogP contribution >= 0.6 is 0 Å². The predicted octanol–water partition coefficient (Wildman–Crippen LogP) is 3.64. The van der Waals surface area contributed by atoms with Crippen molar-refractivity contribution in [1.82, 2.24) is 5.32 Å². The lowest BCUT2D eigenvalue weighted by molar-refractivity contribution is -0.114. The fraction of sp³-hybridized carbons (Fsp3) is 0.316. The second-order valence-corrected chi connectivity index (χ2v) is 6.04. The largest absolute Gasteiger partial charge is 0.326 e. The van der Waals surface area contributed by atoms with E-state index < -0.39 is 0 Å². The normalized spacial score (nSPS) is 17.3. The standard InChI is InChI=1S/C19H22N2O/c1-13(15-7-5-8-18(11-15)21-14(2)22)20-12-17-10-16-6-3-4-9-19(16)17/h3-9,11,13,17,20H,10,12H2,1-2H3,(H,21,22). The highest BCUT2D eigenvalue weighted by atomic mass is 16.1. The zero-order valence-electron chi connectivity index (χ0n) is 13.1. The highest BCUT2D eigenvalue weighted by Crippen LogP contribution is 2.34. The Kier molecular flexibility index (Phi) is 4.25. The van der Waals surface area contributed by atoms with Crippen molar-refractivity contribution < 1.29 is 4.79 Å². The summed E-state index contributed by atoms with van der Waals surface area (Å²) in [5, 5.41) is 6.44. The molecule has 1 aliphatic carbocycles. The molecule has 0 aromatic heterocycles. The number of carbonyl (C=O) groups excluding carboxylic acids is 1. The minimum Gasteiger partial charge on any atom is -0.326 e. The number of fused-ring (bicyclic) bond motifs is 1. The lowest BCUT2D eigenvalue weighted by atomic mass is 9.77. The van der Waals surface area contributed by atoms with Gasteiger partial charge in [-0.15, -0.1) is 0 Å². The topological polar surface area (TPSA) is 41.1 Å². The van der Waals surface area contributed by atoms with Crippen LogP contribution in [0.1, 0.15) is 42.5 Å². The van der Waals surface area contributed by atoms with E-state index in [2.05, 4.69) is 47.9 Å². The van der Waals surface area contributed by atoms with E-state index in [1.165, 1.54) is 30.0 Å².